The molecule has 0 bridgehead atoms. The van der Waals surface area contributed by atoms with Gasteiger partial charge in [-0.1, -0.05) is 13.0 Å². The fourth-order valence-corrected chi connectivity index (χ4v) is 1.39. The minimum atomic E-state index is -0.255. The van der Waals surface area contributed by atoms with Crippen molar-refractivity contribution >= 4 is 0 Å². The van der Waals surface area contributed by atoms with E-state index in [1.54, 1.807) is 6.07 Å². The summed E-state index contributed by atoms with van der Waals surface area (Å²) in [6, 6.07) is 4.89. The zero-order chi connectivity index (χ0) is 12.0. The number of hydrogen-bond acceptors (Lipinski definition) is 2. The van der Waals surface area contributed by atoms with E-state index in [9.17, 15) is 4.39 Å². The molecule has 1 atom stereocenters. The molecule has 1 rings (SSSR count). The molecule has 0 saturated heterocycles. The van der Waals surface area contributed by atoms with Gasteiger partial charge in [0.2, 0.25) is 0 Å². The van der Waals surface area contributed by atoms with Gasteiger partial charge in [-0.2, -0.15) is 0 Å². The standard InChI is InChI=1S/C13H20FNO/c1-4-7-15-11(3)9-16-13-8-12(14)6-5-10(13)2/h5-6,8,11,15H,4,7,9H2,1-3H3. The average molecular weight is 225 g/mol. The van der Waals surface area contributed by atoms with Gasteiger partial charge in [-0.05, 0) is 38.4 Å². The highest BCUT2D eigenvalue weighted by molar-refractivity contribution is 5.32. The van der Waals surface area contributed by atoms with Crippen LogP contribution in [0.5, 0.6) is 5.75 Å². The van der Waals surface area contributed by atoms with Crippen molar-refractivity contribution in [2.75, 3.05) is 13.2 Å². The van der Waals surface area contributed by atoms with Gasteiger partial charge in [-0.3, -0.25) is 0 Å². The van der Waals surface area contributed by atoms with Crippen LogP contribution in [0, 0.1) is 12.7 Å². The summed E-state index contributed by atoms with van der Waals surface area (Å²) in [4.78, 5) is 0. The van der Waals surface area contributed by atoms with E-state index in [0.29, 0.717) is 12.4 Å². The Morgan fingerprint density at radius 1 is 1.44 bits per heavy atom. The number of halogens is 1. The summed E-state index contributed by atoms with van der Waals surface area (Å²) in [5.74, 6) is 0.375. The van der Waals surface area contributed by atoms with Gasteiger partial charge in [-0.25, -0.2) is 4.39 Å². The number of ether oxygens (including phenoxy) is 1. The van der Waals surface area contributed by atoms with Gasteiger partial charge in [0.05, 0.1) is 0 Å². The molecule has 1 unspecified atom stereocenters. The van der Waals surface area contributed by atoms with Crippen LogP contribution in [0.2, 0.25) is 0 Å². The number of nitrogens with one attached hydrogen (secondary N) is 1. The highest BCUT2D eigenvalue weighted by atomic mass is 19.1. The second-order valence-electron chi connectivity index (χ2n) is 4.08. The smallest absolute Gasteiger partial charge is 0.126 e. The van der Waals surface area contributed by atoms with Crippen LogP contribution in [-0.2, 0) is 0 Å². The second kappa shape index (κ2) is 6.48. The Morgan fingerprint density at radius 3 is 2.88 bits per heavy atom. The van der Waals surface area contributed by atoms with Crippen LogP contribution >= 0.6 is 0 Å². The van der Waals surface area contributed by atoms with Gasteiger partial charge < -0.3 is 10.1 Å². The summed E-state index contributed by atoms with van der Waals surface area (Å²) in [6.07, 6.45) is 1.10. The lowest BCUT2D eigenvalue weighted by atomic mass is 10.2. The molecule has 1 N–H and O–H groups in total. The Labute approximate surface area is 96.8 Å². The molecule has 1 aromatic rings. The van der Waals surface area contributed by atoms with Gasteiger partial charge in [0.1, 0.15) is 18.2 Å². The maximum Gasteiger partial charge on any atom is 0.126 e. The molecule has 90 valence electrons. The zero-order valence-electron chi connectivity index (χ0n) is 10.2. The van der Waals surface area contributed by atoms with Crippen molar-refractivity contribution in [3.05, 3.63) is 29.6 Å². The predicted octanol–water partition coefficient (Wildman–Crippen LogP) is 2.90. The van der Waals surface area contributed by atoms with Crippen LogP contribution in [0.4, 0.5) is 4.39 Å². The summed E-state index contributed by atoms with van der Waals surface area (Å²) in [5.41, 5.74) is 0.962. The van der Waals surface area contributed by atoms with Crippen molar-refractivity contribution in [1.29, 1.82) is 0 Å². The molecule has 0 saturated carbocycles. The maximum atomic E-state index is 13.0. The molecule has 0 spiro atoms. The lowest BCUT2D eigenvalue weighted by Crippen LogP contribution is -2.32. The monoisotopic (exact) mass is 225 g/mol. The molecule has 0 aliphatic carbocycles. The van der Waals surface area contributed by atoms with E-state index < -0.39 is 0 Å². The fourth-order valence-electron chi connectivity index (χ4n) is 1.39. The number of aryl methyl sites for hydroxylation is 1. The summed E-state index contributed by atoms with van der Waals surface area (Å²) in [7, 11) is 0. The first kappa shape index (κ1) is 13.0. The Kier molecular flexibility index (Phi) is 5.26. The first-order chi connectivity index (χ1) is 7.63. The zero-order valence-corrected chi connectivity index (χ0v) is 10.2. The number of benzene rings is 1. The fraction of sp³-hybridized carbons (Fsp3) is 0.538. The van der Waals surface area contributed by atoms with Crippen LogP contribution in [0.15, 0.2) is 18.2 Å². The van der Waals surface area contributed by atoms with Crippen molar-refractivity contribution in [3.8, 4) is 5.75 Å². The molecule has 1 aromatic carbocycles. The van der Waals surface area contributed by atoms with Crippen LogP contribution in [0.25, 0.3) is 0 Å². The molecule has 0 radical (unpaired) electrons. The third-order valence-electron chi connectivity index (χ3n) is 2.38. The normalized spacial score (nSPS) is 12.5. The van der Waals surface area contributed by atoms with Crippen LogP contribution < -0.4 is 10.1 Å². The Morgan fingerprint density at radius 2 is 2.19 bits per heavy atom. The molecule has 0 aliphatic heterocycles. The molecule has 0 aliphatic rings. The molecule has 0 amide bonds. The van der Waals surface area contributed by atoms with Gasteiger partial charge >= 0.3 is 0 Å². The molecule has 3 heteroatoms. The van der Waals surface area contributed by atoms with E-state index in [4.69, 9.17) is 4.74 Å². The van der Waals surface area contributed by atoms with Crippen LogP contribution in [0.1, 0.15) is 25.8 Å². The van der Waals surface area contributed by atoms with E-state index in [2.05, 4.69) is 19.2 Å². The van der Waals surface area contributed by atoms with E-state index in [-0.39, 0.29) is 11.9 Å². The minimum Gasteiger partial charge on any atom is -0.492 e. The van der Waals surface area contributed by atoms with Crippen molar-refractivity contribution in [3.63, 3.8) is 0 Å². The van der Waals surface area contributed by atoms with Gasteiger partial charge in [0.25, 0.3) is 0 Å². The first-order valence-corrected chi connectivity index (χ1v) is 5.75. The maximum absolute atomic E-state index is 13.0. The van der Waals surface area contributed by atoms with Crippen molar-refractivity contribution in [1.82, 2.24) is 5.32 Å². The van der Waals surface area contributed by atoms with E-state index >= 15 is 0 Å². The summed E-state index contributed by atoms with van der Waals surface area (Å²) in [5, 5.41) is 3.32. The third kappa shape index (κ3) is 4.19. The Hall–Kier alpha value is -1.09. The van der Waals surface area contributed by atoms with Crippen molar-refractivity contribution < 1.29 is 9.13 Å². The number of hydrogen-bond donors (Lipinski definition) is 1. The predicted molar refractivity (Wildman–Crippen MR) is 64.4 cm³/mol. The molecule has 0 heterocycles. The Balaban J connectivity index is 2.44. The second-order valence-corrected chi connectivity index (χ2v) is 4.08. The Bertz CT molecular complexity index is 328. The van der Waals surface area contributed by atoms with E-state index in [1.807, 2.05) is 6.92 Å². The summed E-state index contributed by atoms with van der Waals surface area (Å²) in [6.45, 7) is 7.64. The highest BCUT2D eigenvalue weighted by Gasteiger charge is 2.04. The largest absolute Gasteiger partial charge is 0.492 e. The minimum absolute atomic E-state index is 0.255. The van der Waals surface area contributed by atoms with Gasteiger partial charge in [-0.15, -0.1) is 0 Å². The molecule has 2 nitrogen and oxygen atoms in total. The molecular formula is C13H20FNO. The van der Waals surface area contributed by atoms with Crippen LogP contribution in [0.3, 0.4) is 0 Å². The molecule has 0 aromatic heterocycles. The summed E-state index contributed by atoms with van der Waals surface area (Å²) < 4.78 is 18.6. The topological polar surface area (TPSA) is 21.3 Å². The summed E-state index contributed by atoms with van der Waals surface area (Å²) >= 11 is 0. The van der Waals surface area contributed by atoms with Gasteiger partial charge in [0.15, 0.2) is 0 Å². The van der Waals surface area contributed by atoms with Gasteiger partial charge in [0, 0.05) is 12.1 Å². The highest BCUT2D eigenvalue weighted by Crippen LogP contribution is 2.18. The van der Waals surface area contributed by atoms with E-state index in [0.717, 1.165) is 18.5 Å². The molecule has 16 heavy (non-hydrogen) atoms. The lowest BCUT2D eigenvalue weighted by Gasteiger charge is -2.15. The third-order valence-corrected chi connectivity index (χ3v) is 2.38. The van der Waals surface area contributed by atoms with Crippen LogP contribution in [-0.4, -0.2) is 19.2 Å². The van der Waals surface area contributed by atoms with E-state index in [1.165, 1.54) is 12.1 Å². The average Bonchev–Trinajstić information content (AvgIpc) is 2.27. The first-order valence-electron chi connectivity index (χ1n) is 5.75. The molecule has 0 fully saturated rings. The quantitative estimate of drug-likeness (QED) is 0.803. The lowest BCUT2D eigenvalue weighted by molar-refractivity contribution is 0.271. The SMILES string of the molecule is CCCNC(C)COc1cc(F)ccc1C. The van der Waals surface area contributed by atoms with Crippen molar-refractivity contribution in [2.24, 2.45) is 0 Å². The molecular weight excluding hydrogens is 205 g/mol. The van der Waals surface area contributed by atoms with Crippen molar-refractivity contribution in [2.45, 2.75) is 33.2 Å². The number of rotatable bonds is 6.